The molecular formula is C24H35N3O3. The second-order valence-electron chi connectivity index (χ2n) is 8.66. The molecule has 6 heteroatoms. The third-order valence-corrected chi connectivity index (χ3v) is 6.17. The summed E-state index contributed by atoms with van der Waals surface area (Å²) in [5.74, 6) is -0.0875. The summed E-state index contributed by atoms with van der Waals surface area (Å²) in [5.41, 5.74) is 1.29. The molecule has 1 aromatic rings. The van der Waals surface area contributed by atoms with E-state index in [1.54, 1.807) is 29.2 Å². The number of hydrogen-bond acceptors (Lipinski definition) is 3. The fraction of sp³-hybridized carbons (Fsp3) is 0.625. The van der Waals surface area contributed by atoms with Gasteiger partial charge < -0.3 is 15.5 Å². The lowest BCUT2D eigenvalue weighted by Gasteiger charge is -2.33. The molecule has 6 nitrogen and oxygen atoms in total. The zero-order chi connectivity index (χ0) is 21.3. The molecule has 0 radical (unpaired) electrons. The van der Waals surface area contributed by atoms with Crippen molar-refractivity contribution in [1.82, 2.24) is 10.2 Å². The van der Waals surface area contributed by atoms with Crippen molar-refractivity contribution < 1.29 is 14.4 Å². The Balaban J connectivity index is 1.54. The van der Waals surface area contributed by atoms with Crippen LogP contribution in [0, 0.1) is 5.92 Å². The van der Waals surface area contributed by atoms with Crippen LogP contribution in [-0.4, -0.2) is 41.8 Å². The first-order chi connectivity index (χ1) is 14.6. The van der Waals surface area contributed by atoms with Crippen LogP contribution in [0.3, 0.4) is 0 Å². The maximum Gasteiger partial charge on any atom is 0.253 e. The van der Waals surface area contributed by atoms with Crippen molar-refractivity contribution in [1.29, 1.82) is 0 Å². The molecular weight excluding hydrogens is 378 g/mol. The molecule has 30 heavy (non-hydrogen) atoms. The largest absolute Gasteiger partial charge is 0.353 e. The molecule has 1 saturated heterocycles. The van der Waals surface area contributed by atoms with E-state index < -0.39 is 0 Å². The lowest BCUT2D eigenvalue weighted by molar-refractivity contribution is -0.127. The summed E-state index contributed by atoms with van der Waals surface area (Å²) in [5, 5.41) is 6.08. The smallest absolute Gasteiger partial charge is 0.253 e. The molecule has 2 fully saturated rings. The van der Waals surface area contributed by atoms with Gasteiger partial charge in [0.2, 0.25) is 11.8 Å². The molecule has 1 heterocycles. The Morgan fingerprint density at radius 1 is 0.967 bits per heavy atom. The highest BCUT2D eigenvalue weighted by atomic mass is 16.2. The Labute approximate surface area is 179 Å². The summed E-state index contributed by atoms with van der Waals surface area (Å²) >= 11 is 0. The van der Waals surface area contributed by atoms with Crippen LogP contribution in [0.25, 0.3) is 0 Å². The van der Waals surface area contributed by atoms with Crippen LogP contribution in [0.2, 0.25) is 0 Å². The van der Waals surface area contributed by atoms with Crippen molar-refractivity contribution in [2.75, 3.05) is 18.4 Å². The number of anilines is 1. The quantitative estimate of drug-likeness (QED) is 0.689. The minimum atomic E-state index is -0.126. The zero-order valence-electron chi connectivity index (χ0n) is 18.1. The van der Waals surface area contributed by atoms with Gasteiger partial charge in [0.25, 0.3) is 5.91 Å². The van der Waals surface area contributed by atoms with E-state index in [2.05, 4.69) is 10.6 Å². The molecule has 2 N–H and O–H groups in total. The number of carbonyl (C=O) groups excluding carboxylic acids is 3. The third-order valence-electron chi connectivity index (χ3n) is 6.17. The molecule has 0 bridgehead atoms. The summed E-state index contributed by atoms with van der Waals surface area (Å²) < 4.78 is 0. The van der Waals surface area contributed by atoms with Crippen molar-refractivity contribution in [3.05, 3.63) is 29.8 Å². The van der Waals surface area contributed by atoms with Crippen LogP contribution in [0.15, 0.2) is 24.3 Å². The molecule has 3 rings (SSSR count). The number of benzene rings is 1. The van der Waals surface area contributed by atoms with Crippen LogP contribution in [-0.2, 0) is 9.59 Å². The molecule has 1 atom stereocenters. The van der Waals surface area contributed by atoms with Crippen molar-refractivity contribution in [2.45, 2.75) is 77.2 Å². The maximum absolute atomic E-state index is 12.9. The molecule has 1 unspecified atom stereocenters. The number of piperidine rings is 1. The summed E-state index contributed by atoms with van der Waals surface area (Å²) in [4.78, 5) is 39.3. The average molecular weight is 414 g/mol. The molecule has 1 aromatic carbocycles. The Morgan fingerprint density at radius 3 is 2.33 bits per heavy atom. The van der Waals surface area contributed by atoms with Crippen molar-refractivity contribution in [3.63, 3.8) is 0 Å². The molecule has 3 amide bonds. The number of hydrogen-bond donors (Lipinski definition) is 2. The molecule has 2 aliphatic rings. The maximum atomic E-state index is 12.9. The first-order valence-corrected chi connectivity index (χ1v) is 11.6. The highest BCUT2D eigenvalue weighted by molar-refractivity contribution is 5.96. The van der Waals surface area contributed by atoms with Gasteiger partial charge >= 0.3 is 0 Å². The van der Waals surface area contributed by atoms with E-state index in [1.807, 2.05) is 6.92 Å². The van der Waals surface area contributed by atoms with E-state index in [0.717, 1.165) is 32.1 Å². The highest BCUT2D eigenvalue weighted by Gasteiger charge is 2.30. The number of carbonyl (C=O) groups is 3. The Hall–Kier alpha value is -2.37. The van der Waals surface area contributed by atoms with E-state index >= 15 is 0 Å². The van der Waals surface area contributed by atoms with Gasteiger partial charge in [-0.2, -0.15) is 0 Å². The van der Waals surface area contributed by atoms with Crippen LogP contribution < -0.4 is 10.6 Å². The molecule has 1 aliphatic heterocycles. The van der Waals surface area contributed by atoms with E-state index in [9.17, 15) is 14.4 Å². The predicted octanol–water partition coefficient (Wildman–Crippen LogP) is 4.12. The van der Waals surface area contributed by atoms with E-state index in [-0.39, 0.29) is 23.6 Å². The minimum absolute atomic E-state index is 0.0184. The number of nitrogens with zero attached hydrogens (tertiary/aromatic N) is 1. The Kier molecular flexibility index (Phi) is 8.29. The third kappa shape index (κ3) is 6.31. The zero-order valence-corrected chi connectivity index (χ0v) is 18.1. The number of rotatable bonds is 6. The van der Waals surface area contributed by atoms with Gasteiger partial charge in [0.1, 0.15) is 0 Å². The second-order valence-corrected chi connectivity index (χ2v) is 8.66. The summed E-state index contributed by atoms with van der Waals surface area (Å²) in [6.45, 7) is 3.12. The molecule has 0 aromatic heterocycles. The van der Waals surface area contributed by atoms with Crippen LogP contribution >= 0.6 is 0 Å². The van der Waals surface area contributed by atoms with Crippen LogP contribution in [0.5, 0.6) is 0 Å². The van der Waals surface area contributed by atoms with Gasteiger partial charge in [0.05, 0.1) is 5.92 Å². The highest BCUT2D eigenvalue weighted by Crippen LogP contribution is 2.22. The molecule has 1 saturated carbocycles. The molecule has 1 aliphatic carbocycles. The van der Waals surface area contributed by atoms with Gasteiger partial charge in [-0.3, -0.25) is 14.4 Å². The SMILES string of the molecule is CCCC(=O)Nc1ccc(C(=O)N2CCCC(C(=O)NC3CCCCCC3)C2)cc1. The van der Waals surface area contributed by atoms with Gasteiger partial charge in [-0.05, 0) is 56.4 Å². The van der Waals surface area contributed by atoms with Gasteiger partial charge in [-0.25, -0.2) is 0 Å². The monoisotopic (exact) mass is 413 g/mol. The molecule has 0 spiro atoms. The van der Waals surface area contributed by atoms with Crippen LogP contribution in [0.4, 0.5) is 5.69 Å². The van der Waals surface area contributed by atoms with Crippen molar-refractivity contribution >= 4 is 23.4 Å². The van der Waals surface area contributed by atoms with E-state index in [0.29, 0.717) is 36.8 Å². The van der Waals surface area contributed by atoms with E-state index in [4.69, 9.17) is 0 Å². The summed E-state index contributed by atoms with van der Waals surface area (Å²) in [6, 6.07) is 7.32. The lowest BCUT2D eigenvalue weighted by atomic mass is 9.95. The van der Waals surface area contributed by atoms with Crippen molar-refractivity contribution in [3.8, 4) is 0 Å². The normalized spacial score (nSPS) is 20.3. The topological polar surface area (TPSA) is 78.5 Å². The van der Waals surface area contributed by atoms with Gasteiger partial charge in [0.15, 0.2) is 0 Å². The average Bonchev–Trinajstić information content (AvgIpc) is 3.02. The van der Waals surface area contributed by atoms with Crippen molar-refractivity contribution in [2.24, 2.45) is 5.92 Å². The Bertz CT molecular complexity index is 724. The molecule has 164 valence electrons. The standard InChI is InChI=1S/C24H35N3O3/c1-2-8-22(28)25-21-14-12-18(13-15-21)24(30)27-16-7-9-19(17-27)23(29)26-20-10-5-3-4-6-11-20/h12-15,19-20H,2-11,16-17H2,1H3,(H,25,28)(H,26,29). The fourth-order valence-corrected chi connectivity index (χ4v) is 4.45. The van der Waals surface area contributed by atoms with E-state index in [1.165, 1.54) is 25.7 Å². The van der Waals surface area contributed by atoms with Gasteiger partial charge in [-0.15, -0.1) is 0 Å². The Morgan fingerprint density at radius 2 is 1.67 bits per heavy atom. The number of amides is 3. The first-order valence-electron chi connectivity index (χ1n) is 11.6. The lowest BCUT2D eigenvalue weighted by Crippen LogP contribution is -2.47. The summed E-state index contributed by atoms with van der Waals surface area (Å²) in [7, 11) is 0. The summed E-state index contributed by atoms with van der Waals surface area (Å²) in [6.07, 6.45) is 10.0. The first kappa shape index (κ1) is 22.3. The number of nitrogens with one attached hydrogen (secondary N) is 2. The van der Waals surface area contributed by atoms with Crippen LogP contribution in [0.1, 0.15) is 81.5 Å². The minimum Gasteiger partial charge on any atom is -0.353 e. The fourth-order valence-electron chi connectivity index (χ4n) is 4.45. The second kappa shape index (κ2) is 11.1. The predicted molar refractivity (Wildman–Crippen MR) is 118 cm³/mol. The van der Waals surface area contributed by atoms with Gasteiger partial charge in [0, 0.05) is 36.8 Å². The van der Waals surface area contributed by atoms with Gasteiger partial charge in [-0.1, -0.05) is 32.6 Å². The number of likely N-dealkylation sites (tertiary alicyclic amines) is 1.